The van der Waals surface area contributed by atoms with Crippen LogP contribution >= 0.6 is 11.6 Å². The molecule has 3 heterocycles. The maximum absolute atomic E-state index is 13.7. The maximum Gasteiger partial charge on any atom is 0.422 e. The van der Waals surface area contributed by atoms with E-state index in [4.69, 9.17) is 21.1 Å². The van der Waals surface area contributed by atoms with Crippen LogP contribution in [0.1, 0.15) is 35.4 Å². The number of ether oxygens (including phenoxy) is 2. The normalized spacial score (nSPS) is 19.9. The van der Waals surface area contributed by atoms with Crippen molar-refractivity contribution in [3.8, 4) is 17.4 Å². The molecule has 15 heteroatoms. The van der Waals surface area contributed by atoms with Gasteiger partial charge in [0.05, 0.1) is 11.2 Å². The number of halogens is 6. The van der Waals surface area contributed by atoms with Crippen LogP contribution in [0.2, 0.25) is 5.02 Å². The first-order chi connectivity index (χ1) is 17.3. The first-order valence-corrected chi connectivity index (χ1v) is 11.2. The lowest BCUT2D eigenvalue weighted by Crippen LogP contribution is -2.43. The lowest BCUT2D eigenvalue weighted by molar-refractivity contribution is -0.153. The number of amides is 1. The van der Waals surface area contributed by atoms with E-state index in [2.05, 4.69) is 20.1 Å². The van der Waals surface area contributed by atoms with Crippen LogP contribution in [0.3, 0.4) is 0 Å². The fourth-order valence-electron chi connectivity index (χ4n) is 3.63. The van der Waals surface area contributed by atoms with Gasteiger partial charge in [-0.3, -0.25) is 4.79 Å². The number of pyridine rings is 2. The first-order valence-electron chi connectivity index (χ1n) is 10.9. The largest absolute Gasteiger partial charge is 0.478 e. The van der Waals surface area contributed by atoms with Crippen LogP contribution in [0.15, 0.2) is 29.5 Å². The molecule has 1 fully saturated rings. The number of aromatic nitrogens is 4. The molecule has 0 aliphatic heterocycles. The third-order valence-corrected chi connectivity index (χ3v) is 5.68. The molecule has 4 rings (SSSR count). The van der Waals surface area contributed by atoms with E-state index >= 15 is 0 Å². The summed E-state index contributed by atoms with van der Waals surface area (Å²) in [6.07, 6.45) is -3.10. The molecule has 37 heavy (non-hydrogen) atoms. The smallest absolute Gasteiger partial charge is 0.422 e. The van der Waals surface area contributed by atoms with Gasteiger partial charge >= 0.3 is 12.1 Å². The summed E-state index contributed by atoms with van der Waals surface area (Å²) in [5.74, 6) is -6.03. The highest BCUT2D eigenvalue weighted by molar-refractivity contribution is 6.30. The van der Waals surface area contributed by atoms with Gasteiger partial charge in [0.15, 0.2) is 23.8 Å². The number of alkyl halides is 5. The lowest BCUT2D eigenvalue weighted by Gasteiger charge is -2.32. The Kier molecular flexibility index (Phi) is 7.33. The summed E-state index contributed by atoms with van der Waals surface area (Å²) in [5, 5.41) is 13.8. The van der Waals surface area contributed by atoms with Gasteiger partial charge in [0.25, 0.3) is 11.8 Å². The lowest BCUT2D eigenvalue weighted by atomic mass is 9.84. The van der Waals surface area contributed by atoms with Crippen molar-refractivity contribution >= 4 is 29.4 Å². The Morgan fingerprint density at radius 2 is 2.11 bits per heavy atom. The molecule has 3 aromatic rings. The molecule has 0 saturated heterocycles. The summed E-state index contributed by atoms with van der Waals surface area (Å²) in [5.41, 5.74) is 0.679. The molecule has 1 N–H and O–H groups in total. The van der Waals surface area contributed by atoms with Crippen molar-refractivity contribution in [2.24, 2.45) is 10.9 Å². The Hall–Kier alpha value is -3.39. The van der Waals surface area contributed by atoms with Gasteiger partial charge in [0.2, 0.25) is 5.82 Å². The molecule has 2 atom stereocenters. The van der Waals surface area contributed by atoms with E-state index in [-0.39, 0.29) is 46.7 Å². The van der Waals surface area contributed by atoms with Gasteiger partial charge < -0.3 is 14.6 Å². The molecule has 1 aliphatic carbocycles. The molecule has 0 radical (unpaired) electrons. The molecular formula is C22H19ClF5N5O4. The van der Waals surface area contributed by atoms with Crippen LogP contribution in [-0.4, -0.2) is 61.6 Å². The first kappa shape index (κ1) is 26.7. The predicted molar refractivity (Wildman–Crippen MR) is 120 cm³/mol. The zero-order valence-corrected chi connectivity index (χ0v) is 19.8. The van der Waals surface area contributed by atoms with E-state index in [1.54, 1.807) is 6.92 Å². The van der Waals surface area contributed by atoms with Crippen LogP contribution in [0.25, 0.3) is 5.65 Å². The third-order valence-electron chi connectivity index (χ3n) is 5.47. The fraction of sp³-hybridized carbons (Fsp3) is 0.409. The number of aliphatic hydroxyl groups excluding tert-OH is 1. The molecule has 1 unspecified atom stereocenters. The van der Waals surface area contributed by atoms with Gasteiger partial charge in [0, 0.05) is 30.8 Å². The Balaban J connectivity index is 1.54. The second kappa shape index (κ2) is 10.2. The van der Waals surface area contributed by atoms with Crippen molar-refractivity contribution in [1.29, 1.82) is 0 Å². The number of hydrogen-bond donors (Lipinski definition) is 1. The van der Waals surface area contributed by atoms with Crippen LogP contribution < -0.4 is 9.47 Å². The van der Waals surface area contributed by atoms with Crippen molar-refractivity contribution in [2.45, 2.75) is 44.4 Å². The molecule has 0 bridgehead atoms. The van der Waals surface area contributed by atoms with Crippen molar-refractivity contribution < 1.29 is 41.3 Å². The highest BCUT2D eigenvalue weighted by atomic mass is 35.5. The summed E-state index contributed by atoms with van der Waals surface area (Å²) in [6.45, 7) is 0.0223. The standard InChI is InChI=1S/C22H19ClF5N5O4/c1-11-5-16-31-18(19(35)29-7-12-3-2-4-21(24,25)17(12)34)32-33(16)9-15(11)37-20-14(6-13(23)8-30-20)36-10-22(26,27)28/h5-9,12,17,34H,2-4,10H2,1H3/t12?,17-/m1/s1. The van der Waals surface area contributed by atoms with Crippen LogP contribution in [0.5, 0.6) is 17.4 Å². The van der Waals surface area contributed by atoms with Gasteiger partial charge in [-0.2, -0.15) is 13.2 Å². The number of rotatable bonds is 6. The molecule has 0 aromatic carbocycles. The maximum atomic E-state index is 13.7. The number of hydrogen-bond acceptors (Lipinski definition) is 7. The second-order valence-electron chi connectivity index (χ2n) is 8.37. The predicted octanol–water partition coefficient (Wildman–Crippen LogP) is 4.83. The number of aryl methyl sites for hydroxylation is 1. The number of aliphatic imine (C=N–C) groups is 1. The minimum atomic E-state index is -4.60. The molecule has 9 nitrogen and oxygen atoms in total. The van der Waals surface area contributed by atoms with Gasteiger partial charge in [-0.1, -0.05) is 11.6 Å². The topological polar surface area (TPSA) is 111 Å². The van der Waals surface area contributed by atoms with E-state index in [0.717, 1.165) is 18.5 Å². The van der Waals surface area contributed by atoms with Crippen LogP contribution in [0.4, 0.5) is 22.0 Å². The van der Waals surface area contributed by atoms with Gasteiger partial charge in [-0.15, -0.1) is 5.10 Å². The molecule has 1 amide bonds. The van der Waals surface area contributed by atoms with E-state index in [1.807, 2.05) is 0 Å². The number of fused-ring (bicyclic) bond motifs is 1. The van der Waals surface area contributed by atoms with Crippen molar-refractivity contribution in [3.63, 3.8) is 0 Å². The molecule has 3 aromatic heterocycles. The zero-order valence-electron chi connectivity index (χ0n) is 19.0. The average Bonchev–Trinajstić information content (AvgIpc) is 3.22. The number of carbonyl (C=O) groups is 1. The number of carbonyl (C=O) groups excluding carboxylic acids is 1. The van der Waals surface area contributed by atoms with Crippen molar-refractivity contribution in [1.82, 2.24) is 19.6 Å². The van der Waals surface area contributed by atoms with Crippen LogP contribution in [-0.2, 0) is 0 Å². The number of aliphatic hydroxyl groups is 1. The third kappa shape index (κ3) is 6.31. The van der Waals surface area contributed by atoms with Gasteiger partial charge in [0.1, 0.15) is 6.10 Å². The van der Waals surface area contributed by atoms with E-state index < -0.39 is 43.1 Å². The highest BCUT2D eigenvalue weighted by Gasteiger charge is 2.45. The van der Waals surface area contributed by atoms with E-state index in [9.17, 15) is 31.9 Å². The molecule has 1 saturated carbocycles. The van der Waals surface area contributed by atoms with E-state index in [0.29, 0.717) is 5.56 Å². The van der Waals surface area contributed by atoms with Crippen LogP contribution in [0, 0.1) is 12.8 Å². The second-order valence-corrected chi connectivity index (χ2v) is 8.80. The highest BCUT2D eigenvalue weighted by Crippen LogP contribution is 2.36. The summed E-state index contributed by atoms with van der Waals surface area (Å²) in [6, 6.07) is 2.60. The van der Waals surface area contributed by atoms with Gasteiger partial charge in [-0.25, -0.2) is 28.3 Å². The monoisotopic (exact) mass is 547 g/mol. The Morgan fingerprint density at radius 3 is 2.84 bits per heavy atom. The molecule has 198 valence electrons. The summed E-state index contributed by atoms with van der Waals surface area (Å²) >= 11 is 5.81. The quantitative estimate of drug-likeness (QED) is 0.348. The summed E-state index contributed by atoms with van der Waals surface area (Å²) in [7, 11) is 0. The molecule has 0 spiro atoms. The Bertz CT molecular complexity index is 1350. The Morgan fingerprint density at radius 1 is 1.35 bits per heavy atom. The van der Waals surface area contributed by atoms with Gasteiger partial charge in [-0.05, 0) is 31.4 Å². The average molecular weight is 548 g/mol. The minimum Gasteiger partial charge on any atom is -0.478 e. The van der Waals surface area contributed by atoms with Crippen molar-refractivity contribution in [2.75, 3.05) is 6.61 Å². The van der Waals surface area contributed by atoms with Crippen molar-refractivity contribution in [3.05, 3.63) is 40.9 Å². The summed E-state index contributed by atoms with van der Waals surface area (Å²) in [4.78, 5) is 24.0. The summed E-state index contributed by atoms with van der Waals surface area (Å²) < 4.78 is 76.8. The zero-order chi connectivity index (χ0) is 27.0. The molecular weight excluding hydrogens is 529 g/mol. The molecule has 1 aliphatic rings. The van der Waals surface area contributed by atoms with E-state index in [1.165, 1.54) is 16.8 Å². The Labute approximate surface area is 210 Å². The fourth-order valence-corrected chi connectivity index (χ4v) is 3.77. The number of nitrogens with zero attached hydrogens (tertiary/aromatic N) is 5. The SMILES string of the molecule is Cc1cc2nc(C(=O)N=CC3CCCC(F)(F)[C@@H]3O)nn2cc1Oc1ncc(Cl)cc1OCC(F)(F)F. The minimum absolute atomic E-state index is 0.0288.